The first-order valence-electron chi connectivity index (χ1n) is 8.38. The van der Waals surface area contributed by atoms with Crippen molar-refractivity contribution < 1.29 is 14.7 Å². The summed E-state index contributed by atoms with van der Waals surface area (Å²) in [6, 6.07) is 9.42. The predicted octanol–water partition coefficient (Wildman–Crippen LogP) is 3.50. The molecule has 2 atom stereocenters. The summed E-state index contributed by atoms with van der Waals surface area (Å²) < 4.78 is 0. The van der Waals surface area contributed by atoms with Gasteiger partial charge in [0.15, 0.2) is 0 Å². The molecular weight excluding hydrogens is 290 g/mol. The van der Waals surface area contributed by atoms with Gasteiger partial charge in [0, 0.05) is 12.5 Å². The van der Waals surface area contributed by atoms with Crippen molar-refractivity contribution in [3.05, 3.63) is 35.9 Å². The molecule has 1 fully saturated rings. The van der Waals surface area contributed by atoms with E-state index in [0.717, 1.165) is 19.3 Å². The molecule has 1 aromatic rings. The van der Waals surface area contributed by atoms with Crippen LogP contribution in [0.25, 0.3) is 0 Å². The smallest absolute Gasteiger partial charge is 0.326 e. The minimum atomic E-state index is -0.881. The topological polar surface area (TPSA) is 57.6 Å². The minimum Gasteiger partial charge on any atom is -0.480 e. The molecule has 1 amide bonds. The number of benzene rings is 1. The van der Waals surface area contributed by atoms with Crippen LogP contribution in [0, 0.1) is 5.41 Å². The van der Waals surface area contributed by atoms with Crippen LogP contribution in [-0.2, 0) is 16.0 Å². The molecule has 126 valence electrons. The van der Waals surface area contributed by atoms with Crippen LogP contribution in [0.15, 0.2) is 30.3 Å². The molecule has 1 unspecified atom stereocenters. The number of carbonyl (C=O) groups is 2. The number of carboxylic acid groups (broad SMARTS) is 1. The number of carbonyl (C=O) groups excluding carboxylic acids is 1. The number of carboxylic acids is 1. The molecule has 4 heteroatoms. The van der Waals surface area contributed by atoms with Gasteiger partial charge in [0.1, 0.15) is 6.04 Å². The Bertz CT molecular complexity index is 547. The Morgan fingerprint density at radius 3 is 2.39 bits per heavy atom. The van der Waals surface area contributed by atoms with E-state index >= 15 is 0 Å². The quantitative estimate of drug-likeness (QED) is 0.904. The lowest BCUT2D eigenvalue weighted by Gasteiger charge is -2.37. The molecule has 0 saturated carbocycles. The third-order valence-electron chi connectivity index (χ3n) is 4.66. The van der Waals surface area contributed by atoms with Crippen LogP contribution in [0.3, 0.4) is 0 Å². The monoisotopic (exact) mass is 317 g/mol. The van der Waals surface area contributed by atoms with E-state index < -0.39 is 12.0 Å². The summed E-state index contributed by atoms with van der Waals surface area (Å²) in [5.41, 5.74) is 1.11. The predicted molar refractivity (Wildman–Crippen MR) is 90.1 cm³/mol. The molecule has 1 saturated heterocycles. The van der Waals surface area contributed by atoms with Crippen LogP contribution >= 0.6 is 0 Å². The number of aryl methyl sites for hydroxylation is 1. The fourth-order valence-electron chi connectivity index (χ4n) is 3.47. The molecule has 1 N–H and O–H groups in total. The minimum absolute atomic E-state index is 0.00725. The number of hydrogen-bond acceptors (Lipinski definition) is 2. The van der Waals surface area contributed by atoms with E-state index in [4.69, 9.17) is 0 Å². The van der Waals surface area contributed by atoms with E-state index in [9.17, 15) is 14.7 Å². The molecule has 0 bridgehead atoms. The SMILES string of the molecule is CC(C)(C)C1CC[C@@H](C(=O)O)N1C(=O)CCCc1ccccc1. The summed E-state index contributed by atoms with van der Waals surface area (Å²) >= 11 is 0. The van der Waals surface area contributed by atoms with Crippen molar-refractivity contribution in [3.8, 4) is 0 Å². The van der Waals surface area contributed by atoms with Crippen molar-refractivity contribution in [2.75, 3.05) is 0 Å². The van der Waals surface area contributed by atoms with Gasteiger partial charge >= 0.3 is 5.97 Å². The van der Waals surface area contributed by atoms with Gasteiger partial charge < -0.3 is 10.0 Å². The third-order valence-corrected chi connectivity index (χ3v) is 4.66. The summed E-state index contributed by atoms with van der Waals surface area (Å²) in [6.45, 7) is 6.23. The molecule has 0 aromatic heterocycles. The molecule has 1 aliphatic heterocycles. The van der Waals surface area contributed by atoms with Crippen molar-refractivity contribution in [1.82, 2.24) is 4.90 Å². The van der Waals surface area contributed by atoms with E-state index in [1.165, 1.54) is 5.56 Å². The van der Waals surface area contributed by atoms with Crippen molar-refractivity contribution in [1.29, 1.82) is 0 Å². The van der Waals surface area contributed by atoms with Crippen molar-refractivity contribution in [2.24, 2.45) is 5.41 Å². The van der Waals surface area contributed by atoms with E-state index in [2.05, 4.69) is 32.9 Å². The second-order valence-corrected chi connectivity index (χ2v) is 7.45. The molecule has 0 spiro atoms. The zero-order valence-corrected chi connectivity index (χ0v) is 14.3. The van der Waals surface area contributed by atoms with Crippen LogP contribution in [0.4, 0.5) is 0 Å². The second kappa shape index (κ2) is 7.16. The number of aliphatic carboxylic acids is 1. The van der Waals surface area contributed by atoms with E-state index in [0.29, 0.717) is 12.8 Å². The first kappa shape index (κ1) is 17.5. The Balaban J connectivity index is 2.00. The van der Waals surface area contributed by atoms with Gasteiger partial charge in [-0.05, 0) is 36.7 Å². The second-order valence-electron chi connectivity index (χ2n) is 7.45. The molecule has 1 aromatic carbocycles. The Hall–Kier alpha value is -1.84. The molecule has 0 radical (unpaired) electrons. The molecule has 1 heterocycles. The first-order valence-corrected chi connectivity index (χ1v) is 8.38. The molecule has 23 heavy (non-hydrogen) atoms. The molecule has 1 aliphatic rings. The Morgan fingerprint density at radius 2 is 1.83 bits per heavy atom. The van der Waals surface area contributed by atoms with Crippen LogP contribution in [-0.4, -0.2) is 34.0 Å². The fourth-order valence-corrected chi connectivity index (χ4v) is 3.47. The Labute approximate surface area is 138 Å². The summed E-state index contributed by atoms with van der Waals surface area (Å²) in [7, 11) is 0. The van der Waals surface area contributed by atoms with E-state index in [1.54, 1.807) is 4.90 Å². The van der Waals surface area contributed by atoms with Gasteiger partial charge in [-0.15, -0.1) is 0 Å². The van der Waals surface area contributed by atoms with Crippen molar-refractivity contribution in [2.45, 2.75) is 65.0 Å². The zero-order valence-electron chi connectivity index (χ0n) is 14.3. The molecule has 2 rings (SSSR count). The highest BCUT2D eigenvalue weighted by atomic mass is 16.4. The van der Waals surface area contributed by atoms with Crippen LogP contribution in [0.1, 0.15) is 52.0 Å². The van der Waals surface area contributed by atoms with Crippen molar-refractivity contribution in [3.63, 3.8) is 0 Å². The lowest BCUT2D eigenvalue weighted by atomic mass is 9.85. The fraction of sp³-hybridized carbons (Fsp3) is 0.579. The van der Waals surface area contributed by atoms with Crippen molar-refractivity contribution >= 4 is 11.9 Å². The normalized spacial score (nSPS) is 21.4. The average molecular weight is 317 g/mol. The summed E-state index contributed by atoms with van der Waals surface area (Å²) in [6.07, 6.45) is 3.33. The standard InChI is InChI=1S/C19H27NO3/c1-19(2,3)16-13-12-15(18(22)23)20(16)17(21)11-7-10-14-8-5-4-6-9-14/h4-6,8-9,15-16H,7,10-13H2,1-3H3,(H,22,23)/t15-,16?/m0/s1. The highest BCUT2D eigenvalue weighted by Gasteiger charge is 2.45. The van der Waals surface area contributed by atoms with E-state index in [-0.39, 0.29) is 17.4 Å². The maximum atomic E-state index is 12.7. The largest absolute Gasteiger partial charge is 0.480 e. The van der Waals surface area contributed by atoms with Gasteiger partial charge in [-0.1, -0.05) is 51.1 Å². The highest BCUT2D eigenvalue weighted by Crippen LogP contribution is 2.36. The number of amides is 1. The summed E-state index contributed by atoms with van der Waals surface area (Å²) in [4.78, 5) is 25.8. The number of likely N-dealkylation sites (tertiary alicyclic amines) is 1. The van der Waals surface area contributed by atoms with Crippen LogP contribution in [0.5, 0.6) is 0 Å². The maximum Gasteiger partial charge on any atom is 0.326 e. The van der Waals surface area contributed by atoms with E-state index in [1.807, 2.05) is 18.2 Å². The number of nitrogens with zero attached hydrogens (tertiary/aromatic N) is 1. The number of rotatable bonds is 5. The van der Waals surface area contributed by atoms with Gasteiger partial charge in [-0.3, -0.25) is 4.79 Å². The van der Waals surface area contributed by atoms with Gasteiger partial charge in [-0.2, -0.15) is 0 Å². The van der Waals surface area contributed by atoms with Crippen LogP contribution < -0.4 is 0 Å². The maximum absolute atomic E-state index is 12.7. The van der Waals surface area contributed by atoms with Gasteiger partial charge in [0.25, 0.3) is 0 Å². The lowest BCUT2D eigenvalue weighted by Crippen LogP contribution is -2.49. The first-order chi connectivity index (χ1) is 10.8. The summed E-state index contributed by atoms with van der Waals surface area (Å²) in [5.74, 6) is -0.904. The number of hydrogen-bond donors (Lipinski definition) is 1. The summed E-state index contributed by atoms with van der Waals surface area (Å²) in [5, 5.41) is 9.43. The lowest BCUT2D eigenvalue weighted by molar-refractivity contribution is -0.151. The van der Waals surface area contributed by atoms with Gasteiger partial charge in [0.05, 0.1) is 0 Å². The molecule has 4 nitrogen and oxygen atoms in total. The average Bonchev–Trinajstić information content (AvgIpc) is 2.93. The zero-order chi connectivity index (χ0) is 17.0. The Kier molecular flexibility index (Phi) is 5.45. The highest BCUT2D eigenvalue weighted by molar-refractivity contribution is 5.84. The van der Waals surface area contributed by atoms with Gasteiger partial charge in [0.2, 0.25) is 5.91 Å². The van der Waals surface area contributed by atoms with Gasteiger partial charge in [-0.25, -0.2) is 4.79 Å². The molecular formula is C19H27NO3. The molecule has 0 aliphatic carbocycles. The Morgan fingerprint density at radius 1 is 1.17 bits per heavy atom. The third kappa shape index (κ3) is 4.34. The van der Waals surface area contributed by atoms with Crippen LogP contribution in [0.2, 0.25) is 0 Å².